The third-order valence-electron chi connectivity index (χ3n) is 2.51. The van der Waals surface area contributed by atoms with Gasteiger partial charge in [-0.3, -0.25) is 4.79 Å². The zero-order valence-electron chi connectivity index (χ0n) is 10.2. The Kier molecular flexibility index (Phi) is 9.02. The lowest BCUT2D eigenvalue weighted by Crippen LogP contribution is -1.99. The average molecular weight is 238 g/mol. The molecule has 1 nitrogen and oxygen atoms in total. The van der Waals surface area contributed by atoms with E-state index in [-0.39, 0.29) is 5.12 Å². The van der Waals surface area contributed by atoms with Gasteiger partial charge in [0.1, 0.15) is 0 Å². The lowest BCUT2D eigenvalue weighted by atomic mass is 9.97. The second-order valence-electron chi connectivity index (χ2n) is 3.83. The van der Waals surface area contributed by atoms with E-state index in [1.165, 1.54) is 18.4 Å². The quantitative estimate of drug-likeness (QED) is 0.271. The van der Waals surface area contributed by atoms with Crippen molar-refractivity contribution in [3.05, 3.63) is 36.5 Å². The van der Waals surface area contributed by atoms with E-state index in [9.17, 15) is 4.79 Å². The van der Waals surface area contributed by atoms with E-state index in [0.29, 0.717) is 6.42 Å². The molecule has 0 amide bonds. The van der Waals surface area contributed by atoms with Crippen molar-refractivity contribution in [2.24, 2.45) is 0 Å². The van der Waals surface area contributed by atoms with E-state index in [0.717, 1.165) is 24.8 Å². The minimum atomic E-state index is -0.131. The van der Waals surface area contributed by atoms with Crippen LogP contribution in [0, 0.1) is 0 Å². The molecule has 16 heavy (non-hydrogen) atoms. The van der Waals surface area contributed by atoms with E-state index in [1.54, 1.807) is 6.08 Å². The van der Waals surface area contributed by atoms with Gasteiger partial charge in [0.15, 0.2) is 0 Å². The van der Waals surface area contributed by atoms with Crippen LogP contribution in [0.2, 0.25) is 0 Å². The number of carbonyl (C=O) groups excluding carboxylic acids is 1. The summed E-state index contributed by atoms with van der Waals surface area (Å²) in [5, 5.41) is -0.131. The van der Waals surface area contributed by atoms with Crippen molar-refractivity contribution in [1.82, 2.24) is 0 Å². The molecule has 0 atom stereocenters. The van der Waals surface area contributed by atoms with E-state index < -0.39 is 0 Å². The van der Waals surface area contributed by atoms with E-state index >= 15 is 0 Å². The van der Waals surface area contributed by atoms with Crippen molar-refractivity contribution in [1.29, 1.82) is 0 Å². The largest absolute Gasteiger partial charge is 0.282 e. The van der Waals surface area contributed by atoms with Crippen LogP contribution in [0.4, 0.5) is 0 Å². The molecule has 0 N–H and O–H groups in total. The maximum absolute atomic E-state index is 11.4. The van der Waals surface area contributed by atoms with Crippen molar-refractivity contribution >= 4 is 17.7 Å². The highest BCUT2D eigenvalue weighted by molar-refractivity contribution is 7.97. The Morgan fingerprint density at radius 1 is 1.19 bits per heavy atom. The number of carbonyl (C=O) groups is 1. The molecule has 0 rings (SSSR count). The van der Waals surface area contributed by atoms with E-state index in [1.807, 2.05) is 6.08 Å². The van der Waals surface area contributed by atoms with Crippen LogP contribution < -0.4 is 0 Å². The van der Waals surface area contributed by atoms with Gasteiger partial charge >= 0.3 is 0 Å². The monoisotopic (exact) mass is 238 g/mol. The van der Waals surface area contributed by atoms with Crippen LogP contribution in [0.25, 0.3) is 0 Å². The van der Waals surface area contributed by atoms with Crippen LogP contribution in [0.1, 0.15) is 45.4 Å². The van der Waals surface area contributed by atoms with Crippen LogP contribution in [-0.4, -0.2) is 5.12 Å². The Balaban J connectivity index is 4.74. The molecule has 2 heteroatoms. The minimum Gasteiger partial charge on any atom is -0.282 e. The Labute approximate surface area is 105 Å². The molecule has 0 bridgehead atoms. The van der Waals surface area contributed by atoms with Gasteiger partial charge in [-0.15, -0.1) is 25.8 Å². The van der Waals surface area contributed by atoms with Crippen LogP contribution in [0.3, 0.4) is 0 Å². The number of hydrogen-bond acceptors (Lipinski definition) is 1. The van der Waals surface area contributed by atoms with Crippen molar-refractivity contribution in [2.45, 2.75) is 45.4 Å². The molecule has 0 radical (unpaired) electrons. The molecule has 0 aromatic heterocycles. The first-order valence-corrected chi connectivity index (χ1v) is 6.28. The summed E-state index contributed by atoms with van der Waals surface area (Å²) in [6.45, 7) is 9.58. The Hall–Kier alpha value is -0.760. The predicted molar refractivity (Wildman–Crippen MR) is 74.8 cm³/mol. The summed E-state index contributed by atoms with van der Waals surface area (Å²) in [7, 11) is 0. The number of rotatable bonds is 9. The summed E-state index contributed by atoms with van der Waals surface area (Å²) >= 11 is 3.93. The summed E-state index contributed by atoms with van der Waals surface area (Å²) in [5.41, 5.74) is 1.97. The fourth-order valence-corrected chi connectivity index (χ4v) is 1.92. The molecule has 0 saturated heterocycles. The Morgan fingerprint density at radius 3 is 2.25 bits per heavy atom. The van der Waals surface area contributed by atoms with Crippen molar-refractivity contribution < 1.29 is 4.79 Å². The van der Waals surface area contributed by atoms with Crippen LogP contribution in [0.5, 0.6) is 0 Å². The third-order valence-corrected chi connectivity index (χ3v) is 2.78. The van der Waals surface area contributed by atoms with Gasteiger partial charge in [-0.2, -0.15) is 0 Å². The zero-order valence-corrected chi connectivity index (χ0v) is 11.1. The zero-order chi connectivity index (χ0) is 12.4. The number of allylic oxidation sites excluding steroid dienone is 3. The summed E-state index contributed by atoms with van der Waals surface area (Å²) in [6.07, 6.45) is 9.47. The molecule has 0 aliphatic heterocycles. The fraction of sp³-hybridized carbons (Fsp3) is 0.500. The average Bonchev–Trinajstić information content (AvgIpc) is 2.25. The summed E-state index contributed by atoms with van der Waals surface area (Å²) in [6, 6.07) is 0. The van der Waals surface area contributed by atoms with Gasteiger partial charge in [0.05, 0.1) is 0 Å². The highest BCUT2D eigenvalue weighted by Gasteiger charge is 2.09. The number of hydrogen-bond donors (Lipinski definition) is 1. The molecule has 0 aromatic rings. The molecule has 0 aliphatic carbocycles. The molecule has 0 fully saturated rings. The van der Waals surface area contributed by atoms with Crippen molar-refractivity contribution in [3.63, 3.8) is 0 Å². The van der Waals surface area contributed by atoms with Gasteiger partial charge in [-0.05, 0) is 25.7 Å². The number of unbranched alkanes of at least 4 members (excludes halogenated alkanes) is 2. The molecule has 90 valence electrons. The molecular weight excluding hydrogens is 216 g/mol. The highest BCUT2D eigenvalue weighted by Crippen LogP contribution is 2.22. The van der Waals surface area contributed by atoms with Gasteiger partial charge in [0, 0.05) is 5.57 Å². The maximum Gasteiger partial charge on any atom is 0.212 e. The lowest BCUT2D eigenvalue weighted by molar-refractivity contribution is -0.107. The molecule has 0 heterocycles. The molecule has 0 unspecified atom stereocenters. The smallest absolute Gasteiger partial charge is 0.212 e. The highest BCUT2D eigenvalue weighted by atomic mass is 32.1. The van der Waals surface area contributed by atoms with Gasteiger partial charge < -0.3 is 0 Å². The van der Waals surface area contributed by atoms with Gasteiger partial charge in [-0.1, -0.05) is 37.5 Å². The normalized spacial score (nSPS) is 11.9. The predicted octanol–water partition coefficient (Wildman–Crippen LogP) is 4.47. The fourth-order valence-electron chi connectivity index (χ4n) is 1.67. The summed E-state index contributed by atoms with van der Waals surface area (Å²) < 4.78 is 0. The Morgan fingerprint density at radius 2 is 1.81 bits per heavy atom. The SMILES string of the molecule is C=CCC(CCCCC)=C(CC=C)C(=O)S. The standard InChI is InChI=1S/C14H22OS/c1-4-7-8-11-12(9-5-2)13(10-6-3)14(15)16/h5-6H,2-4,7-11H2,1H3,(H,15,16). The molecule has 0 aromatic carbocycles. The molecule has 0 spiro atoms. The summed E-state index contributed by atoms with van der Waals surface area (Å²) in [4.78, 5) is 11.4. The first-order valence-electron chi connectivity index (χ1n) is 5.83. The lowest BCUT2D eigenvalue weighted by Gasteiger charge is -2.10. The van der Waals surface area contributed by atoms with Gasteiger partial charge in [0.25, 0.3) is 0 Å². The van der Waals surface area contributed by atoms with Crippen LogP contribution in [0.15, 0.2) is 36.5 Å². The van der Waals surface area contributed by atoms with E-state index in [4.69, 9.17) is 0 Å². The first-order chi connectivity index (χ1) is 7.67. The topological polar surface area (TPSA) is 17.1 Å². The first kappa shape index (κ1) is 15.2. The second kappa shape index (κ2) is 9.46. The third kappa shape index (κ3) is 5.96. The van der Waals surface area contributed by atoms with E-state index in [2.05, 4.69) is 32.7 Å². The Bertz CT molecular complexity index is 276. The van der Waals surface area contributed by atoms with Crippen molar-refractivity contribution in [3.8, 4) is 0 Å². The maximum atomic E-state index is 11.4. The number of thiol groups is 1. The molecular formula is C14H22OS. The van der Waals surface area contributed by atoms with Crippen LogP contribution in [-0.2, 0) is 4.79 Å². The summed E-state index contributed by atoms with van der Waals surface area (Å²) in [5.74, 6) is 0. The molecule has 0 saturated carbocycles. The van der Waals surface area contributed by atoms with Crippen LogP contribution >= 0.6 is 12.6 Å². The van der Waals surface area contributed by atoms with Crippen molar-refractivity contribution in [2.75, 3.05) is 0 Å². The van der Waals surface area contributed by atoms with Gasteiger partial charge in [-0.25, -0.2) is 0 Å². The molecule has 0 aliphatic rings. The van der Waals surface area contributed by atoms with Gasteiger partial charge in [0.2, 0.25) is 5.12 Å². The second-order valence-corrected chi connectivity index (χ2v) is 4.24. The minimum absolute atomic E-state index is 0.131.